The summed E-state index contributed by atoms with van der Waals surface area (Å²) in [5, 5.41) is 6.13. The van der Waals surface area contributed by atoms with Crippen molar-refractivity contribution in [1.29, 1.82) is 0 Å². The van der Waals surface area contributed by atoms with Gasteiger partial charge >= 0.3 is 0 Å². The fourth-order valence-corrected chi connectivity index (χ4v) is 2.77. The lowest BCUT2D eigenvalue weighted by atomic mass is 9.96. The van der Waals surface area contributed by atoms with Crippen molar-refractivity contribution >= 4 is 21.8 Å². The number of rotatable bonds is 6. The van der Waals surface area contributed by atoms with Crippen molar-refractivity contribution in [2.24, 2.45) is 5.92 Å². The number of carbonyl (C=O) groups excluding carboxylic acids is 1. The number of benzene rings is 1. The molecule has 1 atom stereocenters. The molecule has 1 saturated carbocycles. The molecule has 1 aromatic carbocycles. The van der Waals surface area contributed by atoms with Crippen molar-refractivity contribution < 1.29 is 4.79 Å². The van der Waals surface area contributed by atoms with Crippen LogP contribution >= 0.6 is 15.9 Å². The van der Waals surface area contributed by atoms with Gasteiger partial charge < -0.3 is 10.6 Å². The Morgan fingerprint density at radius 2 is 2.21 bits per heavy atom. The molecular formula is C15H21BrN2O. The van der Waals surface area contributed by atoms with Gasteiger partial charge in [0.1, 0.15) is 0 Å². The summed E-state index contributed by atoms with van der Waals surface area (Å²) >= 11 is 3.51. The summed E-state index contributed by atoms with van der Waals surface area (Å²) in [5.74, 6) is 0.152. The number of carbonyl (C=O) groups is 1. The Labute approximate surface area is 123 Å². The normalized spacial score (nSPS) is 17.8. The minimum atomic E-state index is 0.0170. The molecule has 1 aliphatic carbocycles. The average molecular weight is 325 g/mol. The van der Waals surface area contributed by atoms with E-state index in [1.54, 1.807) is 0 Å². The molecule has 4 heteroatoms. The second-order valence-electron chi connectivity index (χ2n) is 5.47. The first-order chi connectivity index (χ1) is 9.07. The lowest BCUT2D eigenvalue weighted by Crippen LogP contribution is -2.38. The largest absolute Gasteiger partial charge is 0.355 e. The lowest BCUT2D eigenvalue weighted by molar-refractivity contribution is -0.124. The van der Waals surface area contributed by atoms with Crippen LogP contribution < -0.4 is 10.6 Å². The van der Waals surface area contributed by atoms with Gasteiger partial charge in [-0.15, -0.1) is 0 Å². The monoisotopic (exact) mass is 324 g/mol. The Morgan fingerprint density at radius 3 is 2.79 bits per heavy atom. The summed E-state index contributed by atoms with van der Waals surface area (Å²) in [6, 6.07) is 8.41. The standard InChI is InChI=1S/C15H21BrN2O/c1-11(9-17-2)14(19)18-10-15(6-7-15)12-4-3-5-13(16)8-12/h3-5,8,11,17H,6-7,9-10H2,1-2H3,(H,18,19). The predicted molar refractivity (Wildman–Crippen MR) is 81.2 cm³/mol. The fraction of sp³-hybridized carbons (Fsp3) is 0.533. The summed E-state index contributed by atoms with van der Waals surface area (Å²) in [6.07, 6.45) is 2.31. The van der Waals surface area contributed by atoms with E-state index >= 15 is 0 Å². The van der Waals surface area contributed by atoms with Crippen LogP contribution in [0.4, 0.5) is 0 Å². The fourth-order valence-electron chi connectivity index (χ4n) is 2.37. The molecule has 104 valence electrons. The zero-order chi connectivity index (χ0) is 13.9. The predicted octanol–water partition coefficient (Wildman–Crippen LogP) is 2.45. The minimum absolute atomic E-state index is 0.0170. The van der Waals surface area contributed by atoms with Crippen LogP contribution in [-0.4, -0.2) is 26.0 Å². The van der Waals surface area contributed by atoms with E-state index in [1.165, 1.54) is 5.56 Å². The van der Waals surface area contributed by atoms with Gasteiger partial charge in [-0.05, 0) is 37.6 Å². The van der Waals surface area contributed by atoms with E-state index in [4.69, 9.17) is 0 Å². The van der Waals surface area contributed by atoms with Crippen molar-refractivity contribution in [3.8, 4) is 0 Å². The van der Waals surface area contributed by atoms with E-state index in [0.717, 1.165) is 30.4 Å². The van der Waals surface area contributed by atoms with E-state index in [0.29, 0.717) is 0 Å². The minimum Gasteiger partial charge on any atom is -0.355 e. The third-order valence-electron chi connectivity index (χ3n) is 3.85. The van der Waals surface area contributed by atoms with Gasteiger partial charge in [-0.2, -0.15) is 0 Å². The molecule has 3 nitrogen and oxygen atoms in total. The number of hydrogen-bond acceptors (Lipinski definition) is 2. The highest BCUT2D eigenvalue weighted by Gasteiger charge is 2.44. The maximum absolute atomic E-state index is 11.9. The topological polar surface area (TPSA) is 41.1 Å². The molecule has 0 spiro atoms. The number of hydrogen-bond donors (Lipinski definition) is 2. The maximum atomic E-state index is 11.9. The molecule has 0 bridgehead atoms. The summed E-state index contributed by atoms with van der Waals surface area (Å²) in [4.78, 5) is 11.9. The quantitative estimate of drug-likeness (QED) is 0.844. The van der Waals surface area contributed by atoms with Crippen molar-refractivity contribution in [2.75, 3.05) is 20.1 Å². The van der Waals surface area contributed by atoms with Gasteiger partial charge in [0.15, 0.2) is 0 Å². The second-order valence-corrected chi connectivity index (χ2v) is 6.38. The first kappa shape index (κ1) is 14.5. The van der Waals surface area contributed by atoms with Crippen molar-refractivity contribution in [3.05, 3.63) is 34.3 Å². The first-order valence-corrected chi connectivity index (χ1v) is 7.55. The second kappa shape index (κ2) is 6.06. The highest BCUT2D eigenvalue weighted by atomic mass is 79.9. The zero-order valence-electron chi connectivity index (χ0n) is 11.5. The molecule has 0 aliphatic heterocycles. The molecule has 1 aromatic rings. The molecule has 0 radical (unpaired) electrons. The first-order valence-electron chi connectivity index (χ1n) is 6.76. The van der Waals surface area contributed by atoms with Gasteiger partial charge in [-0.3, -0.25) is 4.79 Å². The third-order valence-corrected chi connectivity index (χ3v) is 4.34. The van der Waals surface area contributed by atoms with Crippen LogP contribution in [0.25, 0.3) is 0 Å². The number of amides is 1. The van der Waals surface area contributed by atoms with E-state index < -0.39 is 0 Å². The smallest absolute Gasteiger partial charge is 0.224 e. The summed E-state index contributed by atoms with van der Waals surface area (Å²) in [6.45, 7) is 3.41. The van der Waals surface area contributed by atoms with E-state index in [1.807, 2.05) is 20.0 Å². The Bertz CT molecular complexity index is 457. The zero-order valence-corrected chi connectivity index (χ0v) is 13.1. The molecule has 1 aliphatic rings. The number of nitrogens with one attached hydrogen (secondary N) is 2. The molecule has 19 heavy (non-hydrogen) atoms. The molecule has 1 unspecified atom stereocenters. The van der Waals surface area contributed by atoms with Crippen LogP contribution in [0.5, 0.6) is 0 Å². The van der Waals surface area contributed by atoms with Gasteiger partial charge in [0.05, 0.1) is 0 Å². The molecular weight excluding hydrogens is 304 g/mol. The maximum Gasteiger partial charge on any atom is 0.224 e. The van der Waals surface area contributed by atoms with Crippen LogP contribution in [0.2, 0.25) is 0 Å². The highest BCUT2D eigenvalue weighted by Crippen LogP contribution is 2.48. The summed E-state index contributed by atoms with van der Waals surface area (Å²) < 4.78 is 1.10. The Kier molecular flexibility index (Phi) is 4.63. The van der Waals surface area contributed by atoms with Crippen molar-refractivity contribution in [3.63, 3.8) is 0 Å². The molecule has 1 amide bonds. The Balaban J connectivity index is 1.94. The van der Waals surface area contributed by atoms with Crippen molar-refractivity contribution in [1.82, 2.24) is 10.6 Å². The average Bonchev–Trinajstić information content (AvgIpc) is 3.17. The summed E-state index contributed by atoms with van der Waals surface area (Å²) in [5.41, 5.74) is 1.49. The van der Waals surface area contributed by atoms with Crippen LogP contribution in [-0.2, 0) is 10.2 Å². The van der Waals surface area contributed by atoms with Crippen LogP contribution in [0.3, 0.4) is 0 Å². The van der Waals surface area contributed by atoms with Gasteiger partial charge in [0, 0.05) is 28.9 Å². The molecule has 0 aromatic heterocycles. The third kappa shape index (κ3) is 3.57. The lowest BCUT2D eigenvalue weighted by Gasteiger charge is -2.19. The molecule has 0 heterocycles. The van der Waals surface area contributed by atoms with Gasteiger partial charge in [-0.25, -0.2) is 0 Å². The van der Waals surface area contributed by atoms with Crippen LogP contribution in [0.1, 0.15) is 25.3 Å². The number of halogens is 1. The van der Waals surface area contributed by atoms with E-state index in [9.17, 15) is 4.79 Å². The van der Waals surface area contributed by atoms with Crippen LogP contribution in [0, 0.1) is 5.92 Å². The summed E-state index contributed by atoms with van der Waals surface area (Å²) in [7, 11) is 1.87. The Morgan fingerprint density at radius 1 is 1.47 bits per heavy atom. The molecule has 1 fully saturated rings. The molecule has 0 saturated heterocycles. The van der Waals surface area contributed by atoms with Crippen molar-refractivity contribution in [2.45, 2.75) is 25.2 Å². The molecule has 2 rings (SSSR count). The van der Waals surface area contributed by atoms with E-state index in [-0.39, 0.29) is 17.2 Å². The van der Waals surface area contributed by atoms with Gasteiger partial charge in [0.2, 0.25) is 5.91 Å². The highest BCUT2D eigenvalue weighted by molar-refractivity contribution is 9.10. The van der Waals surface area contributed by atoms with Gasteiger partial charge in [-0.1, -0.05) is 35.0 Å². The molecule has 2 N–H and O–H groups in total. The van der Waals surface area contributed by atoms with Crippen LogP contribution in [0.15, 0.2) is 28.7 Å². The van der Waals surface area contributed by atoms with Gasteiger partial charge in [0.25, 0.3) is 0 Å². The van der Waals surface area contributed by atoms with E-state index in [2.05, 4.69) is 44.8 Å². The SMILES string of the molecule is CNCC(C)C(=O)NCC1(c2cccc(Br)c2)CC1. The Hall–Kier alpha value is -0.870.